The van der Waals surface area contributed by atoms with E-state index in [0.717, 1.165) is 9.80 Å². The number of hydrogen-bond acceptors (Lipinski definition) is 9. The highest BCUT2D eigenvalue weighted by atomic mass is 16.4. The van der Waals surface area contributed by atoms with Crippen LogP contribution in [0.2, 0.25) is 0 Å². The second-order valence-corrected chi connectivity index (χ2v) is 8.89. The molecule has 0 aliphatic carbocycles. The molecule has 15 heteroatoms. The van der Waals surface area contributed by atoms with Gasteiger partial charge in [0.15, 0.2) is 5.78 Å². The molecule has 0 aromatic rings. The van der Waals surface area contributed by atoms with Crippen LogP contribution in [-0.4, -0.2) is 122 Å². The summed E-state index contributed by atoms with van der Waals surface area (Å²) in [6.45, 7) is -0.882. The third-order valence-electron chi connectivity index (χ3n) is 5.56. The molecule has 0 saturated heterocycles. The normalized spacial score (nSPS) is 12.6. The van der Waals surface area contributed by atoms with Crippen molar-refractivity contribution < 1.29 is 59.1 Å². The van der Waals surface area contributed by atoms with Crippen LogP contribution in [0.15, 0.2) is 0 Å². The molecule has 6 N–H and O–H groups in total. The highest BCUT2D eigenvalue weighted by Crippen LogP contribution is 2.20. The predicted octanol–water partition coefficient (Wildman–Crippen LogP) is -0.566. The van der Waals surface area contributed by atoms with Crippen LogP contribution in [0, 0.1) is 5.92 Å². The molecule has 38 heavy (non-hydrogen) atoms. The van der Waals surface area contributed by atoms with Crippen LogP contribution in [0.4, 0.5) is 0 Å². The predicted molar refractivity (Wildman–Crippen MR) is 129 cm³/mol. The van der Waals surface area contributed by atoms with Gasteiger partial charge in [-0.25, -0.2) is 0 Å². The minimum Gasteiger partial charge on any atom is -0.481 e. The lowest BCUT2D eigenvalue weighted by Gasteiger charge is -2.29. The van der Waals surface area contributed by atoms with Crippen molar-refractivity contribution in [3.63, 3.8) is 0 Å². The first kappa shape index (κ1) is 34.4. The molecular formula is C23H37N3O12. The van der Waals surface area contributed by atoms with Gasteiger partial charge in [-0.05, 0) is 32.2 Å². The number of Topliss-reactive ketones (excluding diaryl/α,β-unsaturated/α-hetero) is 1. The van der Waals surface area contributed by atoms with Crippen molar-refractivity contribution in [2.24, 2.45) is 5.92 Å². The number of unbranched alkanes of at least 4 members (excludes halogenated alkanes) is 2. The van der Waals surface area contributed by atoms with E-state index < -0.39 is 80.2 Å². The van der Waals surface area contributed by atoms with Crippen molar-refractivity contribution >= 4 is 41.5 Å². The molecule has 0 aromatic carbocycles. The van der Waals surface area contributed by atoms with Crippen molar-refractivity contribution in [3.05, 3.63) is 0 Å². The Kier molecular flexibility index (Phi) is 16.9. The molecule has 15 nitrogen and oxygen atoms in total. The van der Waals surface area contributed by atoms with Gasteiger partial charge < -0.3 is 30.8 Å². The van der Waals surface area contributed by atoms with Gasteiger partial charge in [0.2, 0.25) is 5.91 Å². The van der Waals surface area contributed by atoms with E-state index in [2.05, 4.69) is 5.32 Å². The van der Waals surface area contributed by atoms with Crippen LogP contribution >= 0.6 is 0 Å². The third-order valence-corrected chi connectivity index (χ3v) is 5.56. The zero-order valence-electron chi connectivity index (χ0n) is 21.3. The van der Waals surface area contributed by atoms with E-state index in [-0.39, 0.29) is 38.1 Å². The summed E-state index contributed by atoms with van der Waals surface area (Å²) in [5, 5.41) is 48.5. The van der Waals surface area contributed by atoms with Crippen molar-refractivity contribution in [1.82, 2.24) is 15.1 Å². The zero-order chi connectivity index (χ0) is 29.3. The van der Waals surface area contributed by atoms with Crippen molar-refractivity contribution in [2.75, 3.05) is 39.3 Å². The number of aliphatic carboxylic acids is 5. The van der Waals surface area contributed by atoms with Gasteiger partial charge in [0.1, 0.15) is 0 Å². The van der Waals surface area contributed by atoms with Crippen LogP contribution in [0.1, 0.15) is 51.9 Å². The average Bonchev–Trinajstić information content (AvgIpc) is 2.75. The SMILES string of the molecule is CC(=O)NCCCC[C@H](CC(=O)[C@H](CCCCN(CC(=O)O)CC(=O)O)N(CC(=O)O)CC(=O)O)C(=O)O. The summed E-state index contributed by atoms with van der Waals surface area (Å²) in [7, 11) is 0. The van der Waals surface area contributed by atoms with Crippen LogP contribution in [0.5, 0.6) is 0 Å². The Morgan fingerprint density at radius 3 is 1.63 bits per heavy atom. The fourth-order valence-corrected chi connectivity index (χ4v) is 3.91. The Morgan fingerprint density at radius 1 is 0.684 bits per heavy atom. The zero-order valence-corrected chi connectivity index (χ0v) is 21.3. The minimum atomic E-state index is -1.38. The Bertz CT molecular complexity index is 815. The van der Waals surface area contributed by atoms with Crippen LogP contribution in [0.3, 0.4) is 0 Å². The number of ketones is 1. The number of carbonyl (C=O) groups is 7. The lowest BCUT2D eigenvalue weighted by atomic mass is 9.91. The number of rotatable bonds is 23. The Balaban J connectivity index is 5.44. The second kappa shape index (κ2) is 18.6. The summed E-state index contributed by atoms with van der Waals surface area (Å²) in [5.74, 6) is -8.44. The summed E-state index contributed by atoms with van der Waals surface area (Å²) >= 11 is 0. The first-order valence-corrected chi connectivity index (χ1v) is 12.1. The molecule has 0 saturated carbocycles. The van der Waals surface area contributed by atoms with E-state index in [0.29, 0.717) is 19.4 Å². The van der Waals surface area contributed by atoms with E-state index >= 15 is 0 Å². The number of nitrogens with one attached hydrogen (secondary N) is 1. The fraction of sp³-hybridized carbons (Fsp3) is 0.696. The number of nitrogens with zero attached hydrogens (tertiary/aromatic N) is 2. The highest BCUT2D eigenvalue weighted by molar-refractivity contribution is 5.88. The van der Waals surface area contributed by atoms with E-state index in [9.17, 15) is 48.9 Å². The summed E-state index contributed by atoms with van der Waals surface area (Å²) in [5.41, 5.74) is 0. The van der Waals surface area contributed by atoms with Crippen molar-refractivity contribution in [1.29, 1.82) is 0 Å². The molecule has 0 aliphatic rings. The maximum Gasteiger partial charge on any atom is 0.317 e. The molecule has 216 valence electrons. The van der Waals surface area contributed by atoms with E-state index in [1.807, 2.05) is 0 Å². The molecular weight excluding hydrogens is 510 g/mol. The Hall–Kier alpha value is -3.59. The number of carboxylic acid groups (broad SMARTS) is 5. The molecule has 0 fully saturated rings. The molecule has 2 atom stereocenters. The first-order valence-electron chi connectivity index (χ1n) is 12.1. The van der Waals surface area contributed by atoms with Gasteiger partial charge in [0.25, 0.3) is 0 Å². The number of hydrogen-bond donors (Lipinski definition) is 6. The maximum absolute atomic E-state index is 13.1. The van der Waals surface area contributed by atoms with E-state index in [4.69, 9.17) is 10.2 Å². The quantitative estimate of drug-likeness (QED) is 0.0879. The standard InChI is InChI=1S/C23H37N3O12/c1-15(27)24-8-4-2-6-16(23(37)38)10-18(28)17(26(13-21(33)34)14-22(35)36)7-3-5-9-25(11-19(29)30)12-20(31)32/h16-17H,2-14H2,1H3,(H,24,27)(H,29,30)(H,31,32)(H,33,34)(H,35,36)(H,37,38)/t16-,17+/m1/s1. The van der Waals surface area contributed by atoms with Crippen LogP contribution in [0.25, 0.3) is 0 Å². The van der Waals surface area contributed by atoms with E-state index in [1.54, 1.807) is 0 Å². The molecule has 0 aliphatic heterocycles. The molecule has 0 spiro atoms. The largest absolute Gasteiger partial charge is 0.481 e. The minimum absolute atomic E-state index is 0.0394. The van der Waals surface area contributed by atoms with Crippen LogP contribution in [-0.2, 0) is 33.6 Å². The molecule has 0 bridgehead atoms. The molecule has 0 rings (SSSR count). The van der Waals surface area contributed by atoms with Gasteiger partial charge in [-0.15, -0.1) is 0 Å². The number of carboxylic acids is 5. The lowest BCUT2D eigenvalue weighted by Crippen LogP contribution is -2.47. The number of carbonyl (C=O) groups excluding carboxylic acids is 2. The van der Waals surface area contributed by atoms with Crippen LogP contribution < -0.4 is 5.32 Å². The average molecular weight is 548 g/mol. The van der Waals surface area contributed by atoms with Gasteiger partial charge in [-0.3, -0.25) is 43.4 Å². The van der Waals surface area contributed by atoms with Crippen molar-refractivity contribution in [3.8, 4) is 0 Å². The van der Waals surface area contributed by atoms with Crippen molar-refractivity contribution in [2.45, 2.75) is 57.9 Å². The third kappa shape index (κ3) is 17.0. The second-order valence-electron chi connectivity index (χ2n) is 8.89. The lowest BCUT2D eigenvalue weighted by molar-refractivity contribution is -0.148. The summed E-state index contributed by atoms with van der Waals surface area (Å²) in [6, 6.07) is -1.23. The summed E-state index contributed by atoms with van der Waals surface area (Å²) in [6.07, 6.45) is 0.910. The molecule has 0 radical (unpaired) electrons. The van der Waals surface area contributed by atoms with Gasteiger partial charge in [0.05, 0.1) is 38.1 Å². The summed E-state index contributed by atoms with van der Waals surface area (Å²) in [4.78, 5) is 82.5. The van der Waals surface area contributed by atoms with E-state index in [1.165, 1.54) is 6.92 Å². The fourth-order valence-electron chi connectivity index (χ4n) is 3.91. The topological polar surface area (TPSA) is 239 Å². The molecule has 0 unspecified atom stereocenters. The van der Waals surface area contributed by atoms with Gasteiger partial charge in [-0.1, -0.05) is 12.8 Å². The Morgan fingerprint density at radius 2 is 1.18 bits per heavy atom. The number of amides is 1. The van der Waals surface area contributed by atoms with Gasteiger partial charge in [-0.2, -0.15) is 0 Å². The Labute approximate surface area is 219 Å². The van der Waals surface area contributed by atoms with Gasteiger partial charge in [0, 0.05) is 19.9 Å². The smallest absolute Gasteiger partial charge is 0.317 e. The maximum atomic E-state index is 13.1. The monoisotopic (exact) mass is 547 g/mol. The first-order chi connectivity index (χ1) is 17.7. The molecule has 0 heterocycles. The summed E-state index contributed by atoms with van der Waals surface area (Å²) < 4.78 is 0. The van der Waals surface area contributed by atoms with Gasteiger partial charge >= 0.3 is 29.8 Å². The highest BCUT2D eigenvalue weighted by Gasteiger charge is 2.32. The molecule has 1 amide bonds. The molecule has 0 aromatic heterocycles.